The van der Waals surface area contributed by atoms with E-state index in [1.54, 1.807) is 6.08 Å². The minimum Gasteiger partial charge on any atom is -0.376 e. The van der Waals surface area contributed by atoms with Gasteiger partial charge in [0.15, 0.2) is 0 Å². The zero-order valence-electron chi connectivity index (χ0n) is 15.4. The summed E-state index contributed by atoms with van der Waals surface area (Å²) in [7, 11) is 0. The number of amides is 1. The van der Waals surface area contributed by atoms with E-state index in [0.717, 1.165) is 51.2 Å². The second-order valence-electron chi connectivity index (χ2n) is 7.49. The highest BCUT2D eigenvalue weighted by atomic mass is 16.5. The number of carbonyl (C=O) groups excluding carboxylic acids is 1. The second-order valence-corrected chi connectivity index (χ2v) is 7.49. The molecule has 25 heavy (non-hydrogen) atoms. The Kier molecular flexibility index (Phi) is 6.27. The average Bonchev–Trinajstić information content (AvgIpc) is 2.84. The van der Waals surface area contributed by atoms with Crippen LogP contribution in [0, 0.1) is 11.8 Å². The zero-order chi connectivity index (χ0) is 17.6. The third-order valence-electron chi connectivity index (χ3n) is 5.04. The number of nitrogens with zero attached hydrogens (tertiary/aromatic N) is 1. The van der Waals surface area contributed by atoms with E-state index in [1.807, 2.05) is 23.1 Å². The fourth-order valence-corrected chi connectivity index (χ4v) is 3.77. The SMILES string of the molecule is CC(C)C[C@@H](/C=C/C(=O)N1CCc2ccccc21)[C@H]1CNCCCO1. The highest BCUT2D eigenvalue weighted by Crippen LogP contribution is 2.28. The maximum atomic E-state index is 12.7. The first-order valence-corrected chi connectivity index (χ1v) is 9.55. The Labute approximate surface area is 151 Å². The Hall–Kier alpha value is -1.65. The normalized spacial score (nSPS) is 22.2. The molecular weight excluding hydrogens is 312 g/mol. The second kappa shape index (κ2) is 8.63. The summed E-state index contributed by atoms with van der Waals surface area (Å²) in [5.41, 5.74) is 2.32. The topological polar surface area (TPSA) is 41.6 Å². The molecule has 0 radical (unpaired) electrons. The van der Waals surface area contributed by atoms with Gasteiger partial charge in [0, 0.05) is 31.3 Å². The number of fused-ring (bicyclic) bond motifs is 1. The molecule has 3 rings (SSSR count). The van der Waals surface area contributed by atoms with Crippen molar-refractivity contribution in [3.63, 3.8) is 0 Å². The van der Waals surface area contributed by atoms with Crippen molar-refractivity contribution in [1.82, 2.24) is 5.32 Å². The molecule has 1 saturated heterocycles. The number of nitrogens with one attached hydrogen (secondary N) is 1. The monoisotopic (exact) mass is 342 g/mol. The van der Waals surface area contributed by atoms with Crippen molar-refractivity contribution in [3.8, 4) is 0 Å². The van der Waals surface area contributed by atoms with E-state index in [-0.39, 0.29) is 17.9 Å². The molecule has 136 valence electrons. The van der Waals surface area contributed by atoms with Crippen molar-refractivity contribution in [2.45, 2.75) is 39.2 Å². The van der Waals surface area contributed by atoms with Gasteiger partial charge in [0.1, 0.15) is 0 Å². The van der Waals surface area contributed by atoms with Gasteiger partial charge in [0.05, 0.1) is 6.10 Å². The molecule has 1 aromatic rings. The minimum absolute atomic E-state index is 0.0836. The van der Waals surface area contributed by atoms with Crippen LogP contribution in [0.3, 0.4) is 0 Å². The van der Waals surface area contributed by atoms with Crippen LogP contribution < -0.4 is 10.2 Å². The van der Waals surface area contributed by atoms with Crippen molar-refractivity contribution < 1.29 is 9.53 Å². The largest absolute Gasteiger partial charge is 0.376 e. The summed E-state index contributed by atoms with van der Waals surface area (Å²) < 4.78 is 6.04. The number of hydrogen-bond donors (Lipinski definition) is 1. The molecule has 4 nitrogen and oxygen atoms in total. The molecule has 1 N–H and O–H groups in total. The van der Waals surface area contributed by atoms with Crippen molar-refractivity contribution in [3.05, 3.63) is 42.0 Å². The van der Waals surface area contributed by atoms with Crippen molar-refractivity contribution in [2.75, 3.05) is 31.1 Å². The van der Waals surface area contributed by atoms with E-state index in [2.05, 4.69) is 31.3 Å². The van der Waals surface area contributed by atoms with Crippen LogP contribution >= 0.6 is 0 Å². The van der Waals surface area contributed by atoms with Crippen LogP contribution in [-0.4, -0.2) is 38.3 Å². The first kappa shape index (κ1) is 18.2. The number of anilines is 1. The number of rotatable bonds is 5. The molecule has 1 aromatic carbocycles. The van der Waals surface area contributed by atoms with Gasteiger partial charge in [-0.15, -0.1) is 0 Å². The first-order chi connectivity index (χ1) is 12.1. The third kappa shape index (κ3) is 4.71. The Balaban J connectivity index is 1.69. The van der Waals surface area contributed by atoms with Gasteiger partial charge in [-0.05, 0) is 49.4 Å². The number of benzene rings is 1. The highest BCUT2D eigenvalue weighted by molar-refractivity contribution is 6.02. The summed E-state index contributed by atoms with van der Waals surface area (Å²) >= 11 is 0. The summed E-state index contributed by atoms with van der Waals surface area (Å²) in [4.78, 5) is 14.6. The lowest BCUT2D eigenvalue weighted by Gasteiger charge is -2.25. The highest BCUT2D eigenvalue weighted by Gasteiger charge is 2.25. The molecule has 2 atom stereocenters. The van der Waals surface area contributed by atoms with Gasteiger partial charge in [-0.1, -0.05) is 38.1 Å². The molecule has 1 fully saturated rings. The van der Waals surface area contributed by atoms with Crippen LogP contribution in [0.2, 0.25) is 0 Å². The molecule has 0 saturated carbocycles. The number of para-hydroxylation sites is 1. The Bertz CT molecular complexity index is 604. The molecule has 0 aromatic heterocycles. The summed E-state index contributed by atoms with van der Waals surface area (Å²) in [6, 6.07) is 8.19. The van der Waals surface area contributed by atoms with Crippen molar-refractivity contribution in [2.24, 2.45) is 11.8 Å². The van der Waals surface area contributed by atoms with Crippen LogP contribution in [0.15, 0.2) is 36.4 Å². The van der Waals surface area contributed by atoms with E-state index in [9.17, 15) is 4.79 Å². The van der Waals surface area contributed by atoms with Gasteiger partial charge < -0.3 is 15.0 Å². The van der Waals surface area contributed by atoms with Crippen LogP contribution in [0.5, 0.6) is 0 Å². The number of ether oxygens (including phenoxy) is 1. The Morgan fingerprint density at radius 1 is 1.40 bits per heavy atom. The molecular formula is C21H30N2O2. The molecule has 4 heteroatoms. The fraction of sp³-hybridized carbons (Fsp3) is 0.571. The Morgan fingerprint density at radius 3 is 3.08 bits per heavy atom. The van der Waals surface area contributed by atoms with Crippen LogP contribution in [0.4, 0.5) is 5.69 Å². The maximum absolute atomic E-state index is 12.7. The molecule has 2 aliphatic heterocycles. The molecule has 0 unspecified atom stereocenters. The Morgan fingerprint density at radius 2 is 2.24 bits per heavy atom. The molecule has 0 bridgehead atoms. The van der Waals surface area contributed by atoms with Gasteiger partial charge in [-0.25, -0.2) is 0 Å². The molecule has 2 heterocycles. The van der Waals surface area contributed by atoms with Gasteiger partial charge in [0.25, 0.3) is 5.91 Å². The van der Waals surface area contributed by atoms with Crippen LogP contribution in [0.1, 0.15) is 32.3 Å². The standard InChI is InChI=1S/C21H30N2O2/c1-16(2)14-18(20-15-22-11-5-13-25-20)8-9-21(24)23-12-10-17-6-3-4-7-19(17)23/h3-4,6-9,16,18,20,22H,5,10-15H2,1-2H3/b9-8+/t18-,20-/m1/s1. The van der Waals surface area contributed by atoms with Gasteiger partial charge in [0.2, 0.25) is 0 Å². The average molecular weight is 342 g/mol. The van der Waals surface area contributed by atoms with Gasteiger partial charge in [-0.2, -0.15) is 0 Å². The number of carbonyl (C=O) groups is 1. The molecule has 0 aliphatic carbocycles. The van der Waals surface area contributed by atoms with Crippen LogP contribution in [-0.2, 0) is 16.0 Å². The lowest BCUT2D eigenvalue weighted by Crippen LogP contribution is -2.33. The third-order valence-corrected chi connectivity index (χ3v) is 5.04. The quantitative estimate of drug-likeness (QED) is 0.836. The van der Waals surface area contributed by atoms with E-state index in [0.29, 0.717) is 5.92 Å². The summed E-state index contributed by atoms with van der Waals surface area (Å²) in [5, 5.41) is 3.45. The summed E-state index contributed by atoms with van der Waals surface area (Å²) in [6.07, 6.45) is 7.04. The predicted molar refractivity (Wildman–Crippen MR) is 102 cm³/mol. The first-order valence-electron chi connectivity index (χ1n) is 9.55. The van der Waals surface area contributed by atoms with E-state index < -0.39 is 0 Å². The fourth-order valence-electron chi connectivity index (χ4n) is 3.77. The van der Waals surface area contributed by atoms with E-state index >= 15 is 0 Å². The lowest BCUT2D eigenvalue weighted by molar-refractivity contribution is -0.114. The van der Waals surface area contributed by atoms with Gasteiger partial charge >= 0.3 is 0 Å². The van der Waals surface area contributed by atoms with Crippen LogP contribution in [0.25, 0.3) is 0 Å². The predicted octanol–water partition coefficient (Wildman–Crippen LogP) is 3.17. The summed E-state index contributed by atoms with van der Waals surface area (Å²) in [5.74, 6) is 0.928. The summed E-state index contributed by atoms with van der Waals surface area (Å²) in [6.45, 7) is 7.90. The molecule has 0 spiro atoms. The molecule has 2 aliphatic rings. The van der Waals surface area contributed by atoms with Crippen molar-refractivity contribution >= 4 is 11.6 Å². The zero-order valence-corrected chi connectivity index (χ0v) is 15.4. The number of hydrogen-bond acceptors (Lipinski definition) is 3. The van der Waals surface area contributed by atoms with E-state index in [1.165, 1.54) is 5.56 Å². The molecule has 1 amide bonds. The minimum atomic E-state index is 0.0836. The maximum Gasteiger partial charge on any atom is 0.250 e. The van der Waals surface area contributed by atoms with E-state index in [4.69, 9.17) is 4.74 Å². The van der Waals surface area contributed by atoms with Gasteiger partial charge in [-0.3, -0.25) is 4.79 Å². The van der Waals surface area contributed by atoms with Crippen molar-refractivity contribution in [1.29, 1.82) is 0 Å². The lowest BCUT2D eigenvalue weighted by atomic mass is 9.91. The smallest absolute Gasteiger partial charge is 0.250 e.